The highest BCUT2D eigenvalue weighted by atomic mass is 79.9. The number of hydrogen-bond acceptors (Lipinski definition) is 2. The molecule has 24 heavy (non-hydrogen) atoms. The van der Waals surface area contributed by atoms with Crippen LogP contribution < -0.4 is 5.32 Å². The Labute approximate surface area is 151 Å². The van der Waals surface area contributed by atoms with Gasteiger partial charge in [0, 0.05) is 41.8 Å². The third kappa shape index (κ3) is 6.21. The number of hydrogen-bond donors (Lipinski definition) is 1. The summed E-state index contributed by atoms with van der Waals surface area (Å²) in [6.07, 6.45) is 7.04. The van der Waals surface area contributed by atoms with Crippen molar-refractivity contribution in [1.29, 1.82) is 0 Å². The molecule has 0 unspecified atom stereocenters. The first kappa shape index (κ1) is 18.9. The standard InChI is InChI=1S/C19H24BrFN2O/c1-14(2)7-10-23-11-8-17(9-12-23)22-19(24)6-3-15-13-16(20)4-5-18(15)21/h3-7,13,17H,8-12H2,1-2H3,(H,22,24)/b6-3+. The second-order valence-corrected chi connectivity index (χ2v) is 7.28. The van der Waals surface area contributed by atoms with Gasteiger partial charge in [-0.25, -0.2) is 4.39 Å². The lowest BCUT2D eigenvalue weighted by molar-refractivity contribution is -0.117. The van der Waals surface area contributed by atoms with Gasteiger partial charge in [0.05, 0.1) is 0 Å². The van der Waals surface area contributed by atoms with Crippen molar-refractivity contribution in [3.63, 3.8) is 0 Å². The van der Waals surface area contributed by atoms with E-state index in [4.69, 9.17) is 0 Å². The van der Waals surface area contributed by atoms with Crippen LogP contribution in [0, 0.1) is 5.82 Å². The molecule has 130 valence electrons. The van der Waals surface area contributed by atoms with Crippen LogP contribution in [-0.4, -0.2) is 36.5 Å². The smallest absolute Gasteiger partial charge is 0.244 e. The zero-order valence-corrected chi connectivity index (χ0v) is 15.8. The molecule has 1 aliphatic rings. The number of carbonyl (C=O) groups is 1. The number of nitrogens with one attached hydrogen (secondary N) is 1. The fraction of sp³-hybridized carbons (Fsp3) is 0.421. The number of allylic oxidation sites excluding steroid dienone is 1. The highest BCUT2D eigenvalue weighted by Crippen LogP contribution is 2.17. The number of amides is 1. The van der Waals surface area contributed by atoms with Crippen LogP contribution in [0.25, 0.3) is 6.08 Å². The quantitative estimate of drug-likeness (QED) is 0.600. The Morgan fingerprint density at radius 1 is 1.38 bits per heavy atom. The molecule has 0 aromatic heterocycles. The maximum Gasteiger partial charge on any atom is 0.244 e. The molecule has 0 spiro atoms. The Bertz CT molecular complexity index is 630. The molecule has 1 aromatic carbocycles. The summed E-state index contributed by atoms with van der Waals surface area (Å²) in [6.45, 7) is 7.16. The minimum absolute atomic E-state index is 0.169. The molecule has 5 heteroatoms. The summed E-state index contributed by atoms with van der Waals surface area (Å²) in [5.41, 5.74) is 1.73. The van der Waals surface area contributed by atoms with Crippen LogP contribution >= 0.6 is 15.9 Å². The highest BCUT2D eigenvalue weighted by molar-refractivity contribution is 9.10. The summed E-state index contributed by atoms with van der Waals surface area (Å²) in [6, 6.07) is 4.86. The zero-order chi connectivity index (χ0) is 17.5. The second kappa shape index (κ2) is 9.14. The maximum absolute atomic E-state index is 13.6. The fourth-order valence-corrected chi connectivity index (χ4v) is 3.01. The summed E-state index contributed by atoms with van der Waals surface area (Å²) >= 11 is 3.30. The van der Waals surface area contributed by atoms with E-state index in [9.17, 15) is 9.18 Å². The van der Waals surface area contributed by atoms with Crippen LogP contribution in [0.2, 0.25) is 0 Å². The number of halogens is 2. The minimum Gasteiger partial charge on any atom is -0.350 e. The van der Waals surface area contributed by atoms with Crippen LogP contribution in [0.15, 0.2) is 40.4 Å². The van der Waals surface area contributed by atoms with Crippen molar-refractivity contribution in [2.45, 2.75) is 32.7 Å². The van der Waals surface area contributed by atoms with Crippen LogP contribution in [0.4, 0.5) is 4.39 Å². The van der Waals surface area contributed by atoms with Crippen molar-refractivity contribution in [3.8, 4) is 0 Å². The van der Waals surface area contributed by atoms with Gasteiger partial charge in [0.15, 0.2) is 0 Å². The predicted molar refractivity (Wildman–Crippen MR) is 100 cm³/mol. The average Bonchev–Trinajstić information content (AvgIpc) is 2.55. The lowest BCUT2D eigenvalue weighted by Crippen LogP contribution is -2.44. The number of carbonyl (C=O) groups excluding carboxylic acids is 1. The lowest BCUT2D eigenvalue weighted by Gasteiger charge is -2.31. The van der Waals surface area contributed by atoms with Gasteiger partial charge in [-0.2, -0.15) is 0 Å². The molecule has 2 rings (SSSR count). The molecule has 0 aliphatic carbocycles. The summed E-state index contributed by atoms with van der Waals surface area (Å²) < 4.78 is 14.4. The first-order valence-corrected chi connectivity index (χ1v) is 9.02. The van der Waals surface area contributed by atoms with Gasteiger partial charge in [0.2, 0.25) is 5.91 Å². The molecule has 1 aliphatic heterocycles. The molecule has 1 amide bonds. The molecule has 3 nitrogen and oxygen atoms in total. The van der Waals surface area contributed by atoms with Gasteiger partial charge < -0.3 is 5.32 Å². The first-order chi connectivity index (χ1) is 11.4. The normalized spacial score (nSPS) is 16.3. The van der Waals surface area contributed by atoms with Crippen LogP contribution in [0.5, 0.6) is 0 Å². The number of rotatable bonds is 5. The van der Waals surface area contributed by atoms with Gasteiger partial charge in [0.1, 0.15) is 5.82 Å². The molecule has 1 aromatic rings. The lowest BCUT2D eigenvalue weighted by atomic mass is 10.0. The molecule has 0 bridgehead atoms. The van der Waals surface area contributed by atoms with E-state index in [1.54, 1.807) is 12.1 Å². The van der Waals surface area contributed by atoms with Gasteiger partial charge in [0.25, 0.3) is 0 Å². The number of benzene rings is 1. The highest BCUT2D eigenvalue weighted by Gasteiger charge is 2.19. The molecule has 1 N–H and O–H groups in total. The van der Waals surface area contributed by atoms with E-state index in [-0.39, 0.29) is 17.8 Å². The summed E-state index contributed by atoms with van der Waals surface area (Å²) in [5.74, 6) is -0.507. The molecular formula is C19H24BrFN2O. The topological polar surface area (TPSA) is 32.3 Å². The summed E-state index contributed by atoms with van der Waals surface area (Å²) in [4.78, 5) is 14.4. The van der Waals surface area contributed by atoms with E-state index in [1.807, 2.05) is 0 Å². The van der Waals surface area contributed by atoms with Gasteiger partial charge in [-0.3, -0.25) is 9.69 Å². The SMILES string of the molecule is CC(C)=CCN1CCC(NC(=O)/C=C/c2cc(Br)ccc2F)CC1. The molecule has 1 saturated heterocycles. The Hall–Kier alpha value is -1.46. The molecule has 0 saturated carbocycles. The molecule has 1 fully saturated rings. The van der Waals surface area contributed by atoms with Gasteiger partial charge >= 0.3 is 0 Å². The number of piperidine rings is 1. The van der Waals surface area contributed by atoms with Crippen molar-refractivity contribution in [2.75, 3.05) is 19.6 Å². The van der Waals surface area contributed by atoms with E-state index in [1.165, 1.54) is 23.8 Å². The molecule has 0 atom stereocenters. The van der Waals surface area contributed by atoms with Crippen molar-refractivity contribution in [1.82, 2.24) is 10.2 Å². The maximum atomic E-state index is 13.6. The predicted octanol–water partition coefficient (Wildman–Crippen LogP) is 4.15. The van der Waals surface area contributed by atoms with Crippen LogP contribution in [-0.2, 0) is 4.79 Å². The fourth-order valence-electron chi connectivity index (χ4n) is 2.63. The van der Waals surface area contributed by atoms with Crippen molar-refractivity contribution in [3.05, 3.63) is 51.8 Å². The van der Waals surface area contributed by atoms with Gasteiger partial charge in [-0.1, -0.05) is 27.6 Å². The van der Waals surface area contributed by atoms with E-state index >= 15 is 0 Å². The minimum atomic E-state index is -0.338. The van der Waals surface area contributed by atoms with E-state index in [2.05, 4.69) is 46.1 Å². The van der Waals surface area contributed by atoms with Gasteiger partial charge in [-0.05, 0) is 51.0 Å². The van der Waals surface area contributed by atoms with E-state index in [0.717, 1.165) is 36.9 Å². The van der Waals surface area contributed by atoms with Crippen molar-refractivity contribution in [2.24, 2.45) is 0 Å². The number of nitrogens with zero attached hydrogens (tertiary/aromatic N) is 1. The van der Waals surface area contributed by atoms with Crippen LogP contribution in [0.1, 0.15) is 32.3 Å². The van der Waals surface area contributed by atoms with Gasteiger partial charge in [-0.15, -0.1) is 0 Å². The van der Waals surface area contributed by atoms with E-state index in [0.29, 0.717) is 5.56 Å². The Morgan fingerprint density at radius 3 is 2.75 bits per heavy atom. The Kier molecular flexibility index (Phi) is 7.18. The largest absolute Gasteiger partial charge is 0.350 e. The number of likely N-dealkylation sites (tertiary alicyclic amines) is 1. The zero-order valence-electron chi connectivity index (χ0n) is 14.2. The third-order valence-electron chi connectivity index (χ3n) is 4.06. The Balaban J connectivity index is 1.80. The second-order valence-electron chi connectivity index (χ2n) is 6.36. The molecule has 0 radical (unpaired) electrons. The third-order valence-corrected chi connectivity index (χ3v) is 4.56. The Morgan fingerprint density at radius 2 is 2.08 bits per heavy atom. The van der Waals surface area contributed by atoms with Crippen molar-refractivity contribution < 1.29 is 9.18 Å². The summed E-state index contributed by atoms with van der Waals surface area (Å²) in [5, 5.41) is 3.01. The van der Waals surface area contributed by atoms with Crippen molar-refractivity contribution >= 4 is 27.9 Å². The first-order valence-electron chi connectivity index (χ1n) is 8.23. The average molecular weight is 395 g/mol. The molecule has 1 heterocycles. The monoisotopic (exact) mass is 394 g/mol. The molecular weight excluding hydrogens is 371 g/mol. The van der Waals surface area contributed by atoms with Crippen LogP contribution in [0.3, 0.4) is 0 Å². The summed E-state index contributed by atoms with van der Waals surface area (Å²) in [7, 11) is 0. The van der Waals surface area contributed by atoms with E-state index < -0.39 is 0 Å².